The van der Waals surface area contributed by atoms with Gasteiger partial charge in [0.25, 0.3) is 5.91 Å². The molecule has 372 valence electrons. The number of allylic oxidation sites excluding steroid dienone is 1. The number of para-hydroxylation sites is 1. The standard InChI is InChI=1S/C55H70N8O7/c1-10-62-46-23-22-39-30-42(46)43(51(62)41-19-14-25-58-49(41)36(4)68-8)31-55(5,6)33-70-54(67)44-20-15-27-63(60-44)53(66)45(29-37-16-13-18-38(39)28-37)59-52(65)50(35(2)3)61(7)48(64)24-26-56-34-57-32-40-17-11-12-21-47(40)69-9/h11-13,16-18,21-23,25,28,30,35-36,44-45,50,60H,10,14-15,19-20,24,26-27,29,31-33H2,1-9H3,(H,59,65)/t36-,44-,45-,50-/m0/s1. The number of hydrogen-bond donors (Lipinski definition) is 2. The van der Waals surface area contributed by atoms with E-state index in [1.165, 1.54) is 21.0 Å². The molecule has 6 bridgehead atoms. The van der Waals surface area contributed by atoms with Gasteiger partial charge in [-0.05, 0) is 92.3 Å². The number of esters is 1. The molecule has 0 spiro atoms. The van der Waals surface area contributed by atoms with E-state index in [0.29, 0.717) is 32.4 Å². The molecule has 0 unspecified atom stereocenters. The monoisotopic (exact) mass is 955 g/mol. The van der Waals surface area contributed by atoms with Crippen molar-refractivity contribution >= 4 is 52.4 Å². The van der Waals surface area contributed by atoms with E-state index >= 15 is 0 Å². The van der Waals surface area contributed by atoms with Crippen molar-refractivity contribution in [3.63, 3.8) is 0 Å². The number of amides is 3. The molecule has 3 aliphatic heterocycles. The minimum atomic E-state index is -1.04. The van der Waals surface area contributed by atoms with Crippen LogP contribution in [0.3, 0.4) is 0 Å². The van der Waals surface area contributed by atoms with Crippen LogP contribution in [0.25, 0.3) is 27.6 Å². The summed E-state index contributed by atoms with van der Waals surface area (Å²) in [5.74, 6) is -1.16. The number of carbonyl (C=O) groups is 4. The molecule has 4 atom stereocenters. The lowest BCUT2D eigenvalue weighted by molar-refractivity contribution is -0.155. The van der Waals surface area contributed by atoms with Crippen LogP contribution in [0.5, 0.6) is 5.75 Å². The molecule has 1 aromatic heterocycles. The van der Waals surface area contributed by atoms with Crippen LogP contribution >= 0.6 is 0 Å². The zero-order valence-corrected chi connectivity index (χ0v) is 42.3. The summed E-state index contributed by atoms with van der Waals surface area (Å²) in [4.78, 5) is 71.5. The van der Waals surface area contributed by atoms with Crippen molar-refractivity contribution in [1.82, 2.24) is 25.2 Å². The minimum Gasteiger partial charge on any atom is -0.496 e. The molecule has 7 rings (SSSR count). The number of aromatic nitrogens is 1. The fraction of sp³-hybridized carbons (Fsp3) is 0.491. The molecule has 1 fully saturated rings. The molecule has 3 aliphatic rings. The summed E-state index contributed by atoms with van der Waals surface area (Å²) in [5.41, 5.74) is 11.9. The molecular weight excluding hydrogens is 885 g/mol. The second-order valence-corrected chi connectivity index (χ2v) is 19.7. The predicted octanol–water partition coefficient (Wildman–Crippen LogP) is 7.84. The van der Waals surface area contributed by atoms with Gasteiger partial charge in [-0.25, -0.2) is 15.4 Å². The second kappa shape index (κ2) is 23.0. The van der Waals surface area contributed by atoms with E-state index in [1.54, 1.807) is 21.3 Å². The molecule has 70 heavy (non-hydrogen) atoms. The highest BCUT2D eigenvalue weighted by molar-refractivity contribution is 5.95. The summed E-state index contributed by atoms with van der Waals surface area (Å²) < 4.78 is 19.8. The van der Waals surface area contributed by atoms with E-state index in [9.17, 15) is 19.2 Å². The maximum atomic E-state index is 14.7. The van der Waals surface area contributed by atoms with Gasteiger partial charge in [0.15, 0.2) is 0 Å². The topological polar surface area (TPSA) is 169 Å². The van der Waals surface area contributed by atoms with Crippen molar-refractivity contribution in [2.45, 2.75) is 124 Å². The number of hydrogen-bond acceptors (Lipinski definition) is 11. The first kappa shape index (κ1) is 51.4. The number of ether oxygens (including phenoxy) is 3. The van der Waals surface area contributed by atoms with Crippen molar-refractivity contribution < 1.29 is 33.4 Å². The number of fused-ring (bicyclic) bond motifs is 6. The summed E-state index contributed by atoms with van der Waals surface area (Å²) in [6.45, 7) is 13.9. The van der Waals surface area contributed by atoms with Gasteiger partial charge in [-0.1, -0.05) is 76.2 Å². The van der Waals surface area contributed by atoms with Crippen LogP contribution < -0.4 is 15.5 Å². The molecule has 0 aliphatic carbocycles. The van der Waals surface area contributed by atoms with E-state index in [4.69, 9.17) is 19.2 Å². The van der Waals surface area contributed by atoms with Crippen LogP contribution in [-0.4, -0.2) is 116 Å². The SMILES string of the molecule is CCn1c(C2=C([C@H](C)OC)N=CCC2)c2c3cc(ccc31)-c1cccc(c1)C[C@H](NC(=O)[C@H](C(C)C)N(C)C(=O)CCN=C=NCc1ccccc1OC)C(=O)N1CCC[C@H](N1)C(=O)OCC(C)(C)C2. The predicted molar refractivity (Wildman–Crippen MR) is 274 cm³/mol. The Hall–Kier alpha value is -6.41. The van der Waals surface area contributed by atoms with Gasteiger partial charge in [0, 0.05) is 73.8 Å². The highest BCUT2D eigenvalue weighted by Gasteiger charge is 2.38. The summed E-state index contributed by atoms with van der Waals surface area (Å²) in [5, 5.41) is 5.62. The molecule has 4 aromatic rings. The number of likely N-dealkylation sites (N-methyl/N-ethyl adjacent to an activating group) is 1. The summed E-state index contributed by atoms with van der Waals surface area (Å²) in [6.07, 6.45) is 5.26. The van der Waals surface area contributed by atoms with Gasteiger partial charge in [-0.2, -0.15) is 0 Å². The van der Waals surface area contributed by atoms with Gasteiger partial charge < -0.3 is 29.0 Å². The Balaban J connectivity index is 1.21. The molecule has 3 aromatic carbocycles. The van der Waals surface area contributed by atoms with Crippen molar-refractivity contribution in [2.75, 3.05) is 41.0 Å². The van der Waals surface area contributed by atoms with Crippen LogP contribution in [0.15, 0.2) is 87.4 Å². The zero-order valence-electron chi connectivity index (χ0n) is 42.3. The third kappa shape index (κ3) is 11.8. The number of rotatable bonds is 14. The van der Waals surface area contributed by atoms with E-state index in [2.05, 4.69) is 82.4 Å². The summed E-state index contributed by atoms with van der Waals surface area (Å²) >= 11 is 0. The van der Waals surface area contributed by atoms with Crippen LogP contribution in [0, 0.1) is 11.3 Å². The van der Waals surface area contributed by atoms with Crippen molar-refractivity contribution in [2.24, 2.45) is 26.3 Å². The van der Waals surface area contributed by atoms with Crippen molar-refractivity contribution in [1.29, 1.82) is 0 Å². The average Bonchev–Trinajstić information content (AvgIpc) is 3.66. The summed E-state index contributed by atoms with van der Waals surface area (Å²) in [6, 6.07) is 22.2. The van der Waals surface area contributed by atoms with E-state index < -0.39 is 35.4 Å². The van der Waals surface area contributed by atoms with Crippen LogP contribution in [0.1, 0.15) is 96.0 Å². The number of carbonyl (C=O) groups excluding carboxylic acids is 4. The number of methoxy groups -OCH3 is 2. The highest BCUT2D eigenvalue weighted by atomic mass is 16.5. The Bertz CT molecular complexity index is 2700. The molecular formula is C55H70N8O7. The number of aliphatic imine (C=N–C) groups is 3. The fourth-order valence-corrected chi connectivity index (χ4v) is 9.97. The summed E-state index contributed by atoms with van der Waals surface area (Å²) in [7, 11) is 4.92. The Morgan fingerprint density at radius 2 is 1.83 bits per heavy atom. The minimum absolute atomic E-state index is 0.0317. The Morgan fingerprint density at radius 3 is 2.59 bits per heavy atom. The van der Waals surface area contributed by atoms with Crippen LogP contribution in [0.2, 0.25) is 0 Å². The number of benzene rings is 3. The van der Waals surface area contributed by atoms with E-state index in [0.717, 1.165) is 69.7 Å². The Morgan fingerprint density at radius 1 is 1.04 bits per heavy atom. The number of aryl methyl sites for hydroxylation is 1. The molecule has 3 amide bonds. The first-order valence-electron chi connectivity index (χ1n) is 24.7. The second-order valence-electron chi connectivity index (χ2n) is 19.7. The molecule has 15 heteroatoms. The lowest BCUT2D eigenvalue weighted by atomic mass is 9.83. The highest BCUT2D eigenvalue weighted by Crippen LogP contribution is 2.42. The first-order chi connectivity index (χ1) is 33.6. The molecule has 15 nitrogen and oxygen atoms in total. The number of nitrogens with zero attached hydrogens (tertiary/aromatic N) is 6. The normalized spacial score (nSPS) is 19.2. The van der Waals surface area contributed by atoms with Gasteiger partial charge in [-0.15, -0.1) is 0 Å². The van der Waals surface area contributed by atoms with Crippen molar-refractivity contribution in [3.05, 3.63) is 94.8 Å². The van der Waals surface area contributed by atoms with Gasteiger partial charge in [-0.3, -0.25) is 29.2 Å². The van der Waals surface area contributed by atoms with E-state index in [-0.39, 0.29) is 49.8 Å². The third-order valence-electron chi connectivity index (χ3n) is 13.6. The molecule has 0 radical (unpaired) electrons. The fourth-order valence-electron chi connectivity index (χ4n) is 9.97. The molecule has 1 saturated heterocycles. The first-order valence-corrected chi connectivity index (χ1v) is 24.7. The van der Waals surface area contributed by atoms with Gasteiger partial charge in [0.1, 0.15) is 23.9 Å². The lowest BCUT2D eigenvalue weighted by Crippen LogP contribution is -2.62. The largest absolute Gasteiger partial charge is 0.496 e. The number of cyclic esters (lactones) is 1. The molecule has 0 saturated carbocycles. The van der Waals surface area contributed by atoms with E-state index in [1.807, 2.05) is 63.4 Å². The number of hydrazine groups is 1. The van der Waals surface area contributed by atoms with Gasteiger partial charge in [0.05, 0.1) is 50.3 Å². The Labute approximate surface area is 412 Å². The Kier molecular flexibility index (Phi) is 16.9. The quantitative estimate of drug-likeness (QED) is 0.0952. The average molecular weight is 955 g/mol. The van der Waals surface area contributed by atoms with Crippen LogP contribution in [0.4, 0.5) is 0 Å². The number of nitrogens with one attached hydrogen (secondary N) is 2. The maximum absolute atomic E-state index is 14.7. The maximum Gasteiger partial charge on any atom is 0.324 e. The van der Waals surface area contributed by atoms with Crippen LogP contribution in [-0.2, 0) is 54.6 Å². The third-order valence-corrected chi connectivity index (χ3v) is 13.6. The lowest BCUT2D eigenvalue weighted by Gasteiger charge is -2.36. The van der Waals surface area contributed by atoms with Gasteiger partial charge in [0.2, 0.25) is 11.8 Å². The molecule has 4 heterocycles. The smallest absolute Gasteiger partial charge is 0.324 e. The molecule has 2 N–H and O–H groups in total. The zero-order chi connectivity index (χ0) is 50.1. The van der Waals surface area contributed by atoms with Gasteiger partial charge >= 0.3 is 5.97 Å². The van der Waals surface area contributed by atoms with Crippen molar-refractivity contribution in [3.8, 4) is 16.9 Å².